The summed E-state index contributed by atoms with van der Waals surface area (Å²) >= 11 is 0. The second-order valence-corrected chi connectivity index (χ2v) is 11.9. The number of carbonyl (C=O) groups is 3. The molecule has 2 aromatic rings. The van der Waals surface area contributed by atoms with E-state index < -0.39 is 29.3 Å². The van der Waals surface area contributed by atoms with E-state index >= 15 is 0 Å². The highest BCUT2D eigenvalue weighted by molar-refractivity contribution is 5.92. The molecule has 3 amide bonds. The van der Waals surface area contributed by atoms with Crippen LogP contribution in [0.2, 0.25) is 0 Å². The molecule has 0 aliphatic carbocycles. The second-order valence-electron chi connectivity index (χ2n) is 11.9. The third kappa shape index (κ3) is 8.89. The minimum absolute atomic E-state index is 0.189. The van der Waals surface area contributed by atoms with Gasteiger partial charge in [-0.3, -0.25) is 9.59 Å². The average Bonchev–Trinajstić information content (AvgIpc) is 2.82. The van der Waals surface area contributed by atoms with Gasteiger partial charge in [-0.25, -0.2) is 4.79 Å². The minimum atomic E-state index is -0.905. The van der Waals surface area contributed by atoms with Crippen LogP contribution in [0.1, 0.15) is 84.5 Å². The van der Waals surface area contributed by atoms with Crippen LogP contribution in [0.25, 0.3) is 0 Å². The van der Waals surface area contributed by atoms with Gasteiger partial charge in [0.1, 0.15) is 17.7 Å². The van der Waals surface area contributed by atoms with Gasteiger partial charge in [0, 0.05) is 12.1 Å². The monoisotopic (exact) mass is 523 g/mol. The molecule has 0 spiro atoms. The molecule has 3 unspecified atom stereocenters. The number of carbonyl (C=O) groups excluding carboxylic acids is 3. The van der Waals surface area contributed by atoms with Crippen LogP contribution in [0.3, 0.4) is 0 Å². The number of ether oxygens (including phenoxy) is 1. The maximum absolute atomic E-state index is 14.3. The van der Waals surface area contributed by atoms with Crippen molar-refractivity contribution in [1.82, 2.24) is 15.5 Å². The SMILES string of the molecule is CCC(C)C(NC(=O)OC(C)(C)C)C(=O)N(C(C(=O)NCc1ccccc1)c1cccc(C)c1)C(C)(C)C. The predicted molar refractivity (Wildman–Crippen MR) is 151 cm³/mol. The molecule has 0 heterocycles. The Bertz CT molecular complexity index is 1090. The number of nitrogens with zero attached hydrogens (tertiary/aromatic N) is 1. The summed E-state index contributed by atoms with van der Waals surface area (Å²) in [4.78, 5) is 42.6. The van der Waals surface area contributed by atoms with Gasteiger partial charge in [0.05, 0.1) is 0 Å². The molecule has 2 aromatic carbocycles. The number of hydrogen-bond acceptors (Lipinski definition) is 4. The minimum Gasteiger partial charge on any atom is -0.444 e. The Morgan fingerprint density at radius 3 is 2.11 bits per heavy atom. The lowest BCUT2D eigenvalue weighted by Crippen LogP contribution is -2.60. The summed E-state index contributed by atoms with van der Waals surface area (Å²) in [5.74, 6) is -0.813. The Hall–Kier alpha value is -3.35. The van der Waals surface area contributed by atoms with Crippen molar-refractivity contribution in [3.8, 4) is 0 Å². The van der Waals surface area contributed by atoms with Gasteiger partial charge in [0.25, 0.3) is 0 Å². The maximum Gasteiger partial charge on any atom is 0.408 e. The molecule has 3 atom stereocenters. The van der Waals surface area contributed by atoms with Crippen molar-refractivity contribution in [2.45, 2.75) is 98.5 Å². The zero-order valence-corrected chi connectivity index (χ0v) is 24.4. The van der Waals surface area contributed by atoms with Gasteiger partial charge in [0.15, 0.2) is 0 Å². The fourth-order valence-corrected chi connectivity index (χ4v) is 4.25. The first kappa shape index (κ1) is 30.9. The Morgan fingerprint density at radius 2 is 1.58 bits per heavy atom. The molecular weight excluding hydrogens is 478 g/mol. The van der Waals surface area contributed by atoms with E-state index in [1.54, 1.807) is 25.7 Å². The van der Waals surface area contributed by atoms with E-state index in [1.807, 2.05) is 96.1 Å². The van der Waals surface area contributed by atoms with Crippen molar-refractivity contribution in [2.75, 3.05) is 0 Å². The molecule has 0 saturated heterocycles. The smallest absolute Gasteiger partial charge is 0.408 e. The molecule has 2 N–H and O–H groups in total. The van der Waals surface area contributed by atoms with E-state index in [-0.39, 0.29) is 17.7 Å². The van der Waals surface area contributed by atoms with E-state index in [2.05, 4.69) is 10.6 Å². The Morgan fingerprint density at radius 1 is 0.947 bits per heavy atom. The van der Waals surface area contributed by atoms with Crippen molar-refractivity contribution in [3.63, 3.8) is 0 Å². The average molecular weight is 524 g/mol. The van der Waals surface area contributed by atoms with Crippen LogP contribution in [-0.4, -0.2) is 40.0 Å². The van der Waals surface area contributed by atoms with Crippen LogP contribution >= 0.6 is 0 Å². The molecule has 7 nitrogen and oxygen atoms in total. The summed E-state index contributed by atoms with van der Waals surface area (Å²) in [7, 11) is 0. The maximum atomic E-state index is 14.3. The van der Waals surface area contributed by atoms with Crippen molar-refractivity contribution in [3.05, 3.63) is 71.3 Å². The summed E-state index contributed by atoms with van der Waals surface area (Å²) in [6.07, 6.45) is -0.00916. The number of nitrogens with one attached hydrogen (secondary N) is 2. The summed E-state index contributed by atoms with van der Waals surface area (Å²) in [5, 5.41) is 5.84. The number of alkyl carbamates (subject to hydrolysis) is 1. The van der Waals surface area contributed by atoms with Crippen LogP contribution < -0.4 is 10.6 Å². The summed E-state index contributed by atoms with van der Waals surface area (Å²) in [6, 6.07) is 15.5. The van der Waals surface area contributed by atoms with E-state index in [9.17, 15) is 14.4 Å². The highest BCUT2D eigenvalue weighted by Crippen LogP contribution is 2.32. The Kier molecular flexibility index (Phi) is 10.5. The summed E-state index contributed by atoms with van der Waals surface area (Å²) in [5.41, 5.74) is 1.20. The molecular formula is C31H45N3O4. The molecule has 0 aliphatic rings. The third-order valence-electron chi connectivity index (χ3n) is 6.29. The highest BCUT2D eigenvalue weighted by atomic mass is 16.6. The third-order valence-corrected chi connectivity index (χ3v) is 6.29. The lowest BCUT2D eigenvalue weighted by Gasteiger charge is -2.44. The molecule has 0 fully saturated rings. The normalized spacial score (nSPS) is 14.1. The zero-order valence-electron chi connectivity index (χ0n) is 24.4. The quantitative estimate of drug-likeness (QED) is 0.427. The van der Waals surface area contributed by atoms with Gasteiger partial charge < -0.3 is 20.3 Å². The van der Waals surface area contributed by atoms with Crippen molar-refractivity contribution in [1.29, 1.82) is 0 Å². The van der Waals surface area contributed by atoms with Crippen molar-refractivity contribution in [2.24, 2.45) is 5.92 Å². The molecule has 208 valence electrons. The first-order valence-corrected chi connectivity index (χ1v) is 13.3. The van der Waals surface area contributed by atoms with Gasteiger partial charge in [0.2, 0.25) is 11.8 Å². The van der Waals surface area contributed by atoms with E-state index in [1.165, 1.54) is 0 Å². The second kappa shape index (κ2) is 12.9. The molecule has 0 aromatic heterocycles. The summed E-state index contributed by atoms with van der Waals surface area (Å²) < 4.78 is 5.47. The number of benzene rings is 2. The molecule has 0 radical (unpaired) electrons. The van der Waals surface area contributed by atoms with E-state index in [4.69, 9.17) is 4.74 Å². The zero-order chi connectivity index (χ0) is 28.7. The molecule has 2 rings (SSSR count). The fraction of sp³-hybridized carbons (Fsp3) is 0.516. The van der Waals surface area contributed by atoms with Crippen LogP contribution in [0.5, 0.6) is 0 Å². The number of aryl methyl sites for hydroxylation is 1. The van der Waals surface area contributed by atoms with Crippen molar-refractivity contribution >= 4 is 17.9 Å². The summed E-state index contributed by atoms with van der Waals surface area (Å²) in [6.45, 7) is 17.2. The molecule has 7 heteroatoms. The lowest BCUT2D eigenvalue weighted by molar-refractivity contribution is -0.149. The number of amides is 3. The number of rotatable bonds is 9. The largest absolute Gasteiger partial charge is 0.444 e. The van der Waals surface area contributed by atoms with E-state index in [0.29, 0.717) is 18.5 Å². The van der Waals surface area contributed by atoms with Crippen LogP contribution in [-0.2, 0) is 20.9 Å². The molecule has 0 saturated carbocycles. The van der Waals surface area contributed by atoms with Gasteiger partial charge in [-0.1, -0.05) is 80.4 Å². The molecule has 0 aliphatic heterocycles. The fourth-order valence-electron chi connectivity index (χ4n) is 4.25. The van der Waals surface area contributed by atoms with Gasteiger partial charge >= 0.3 is 6.09 Å². The Labute approximate surface area is 228 Å². The van der Waals surface area contributed by atoms with Gasteiger partial charge in [-0.2, -0.15) is 0 Å². The van der Waals surface area contributed by atoms with Gasteiger partial charge in [-0.15, -0.1) is 0 Å². The van der Waals surface area contributed by atoms with E-state index in [0.717, 1.165) is 11.1 Å². The molecule has 0 bridgehead atoms. The topological polar surface area (TPSA) is 87.7 Å². The lowest BCUT2D eigenvalue weighted by atomic mass is 9.91. The van der Waals surface area contributed by atoms with Crippen LogP contribution in [0.4, 0.5) is 4.79 Å². The first-order valence-electron chi connectivity index (χ1n) is 13.3. The molecule has 38 heavy (non-hydrogen) atoms. The highest BCUT2D eigenvalue weighted by Gasteiger charge is 2.43. The Balaban J connectivity index is 2.53. The predicted octanol–water partition coefficient (Wildman–Crippen LogP) is 5.92. The van der Waals surface area contributed by atoms with Gasteiger partial charge in [-0.05, 0) is 65.5 Å². The van der Waals surface area contributed by atoms with Crippen LogP contribution in [0.15, 0.2) is 54.6 Å². The number of hydrogen-bond donors (Lipinski definition) is 2. The standard InChI is InChI=1S/C31H45N3O4/c1-10-22(3)25(33-29(37)38-31(7,8)9)28(36)34(30(4,5)6)26(24-18-14-15-21(2)19-24)27(35)32-20-23-16-12-11-13-17-23/h11-19,22,25-26H,10,20H2,1-9H3,(H,32,35)(H,33,37). The van der Waals surface area contributed by atoms with Crippen LogP contribution in [0, 0.1) is 12.8 Å². The van der Waals surface area contributed by atoms with Crippen molar-refractivity contribution < 1.29 is 19.1 Å². The first-order chi connectivity index (χ1) is 17.6.